The molecule has 0 fully saturated rings. The Morgan fingerprint density at radius 1 is 0.485 bits per heavy atom. The van der Waals surface area contributed by atoms with Crippen molar-refractivity contribution in [3.05, 3.63) is 0 Å². The fraction of sp³-hybridized carbons (Fsp3) is 0.889. The number of carbonyl (C=O) groups is 3. The fourth-order valence-corrected chi connectivity index (χ4v) is 3.92. The molecule has 0 saturated heterocycles. The van der Waals surface area contributed by atoms with Crippen LogP contribution in [0.4, 0.5) is 0 Å². The topological polar surface area (TPSA) is 87.3 Å². The van der Waals surface area contributed by atoms with E-state index in [9.17, 15) is 14.4 Å². The van der Waals surface area contributed by atoms with Crippen LogP contribution in [0.3, 0.4) is 0 Å². The third-order valence-corrected chi connectivity index (χ3v) is 6.14. The van der Waals surface area contributed by atoms with Crippen molar-refractivity contribution < 1.29 is 14.4 Å². The molecule has 0 aromatic rings. The predicted molar refractivity (Wildman–Crippen MR) is 138 cm³/mol. The normalized spacial score (nSPS) is 10.7. The van der Waals surface area contributed by atoms with Crippen LogP contribution in [0.1, 0.15) is 135 Å². The van der Waals surface area contributed by atoms with Gasteiger partial charge in [0.15, 0.2) is 0 Å². The number of rotatable bonds is 24. The lowest BCUT2D eigenvalue weighted by atomic mass is 10.0. The lowest BCUT2D eigenvalue weighted by molar-refractivity contribution is -0.125. The highest BCUT2D eigenvalue weighted by Crippen LogP contribution is 2.13. The van der Waals surface area contributed by atoms with E-state index in [1.165, 1.54) is 83.5 Å². The zero-order valence-electron chi connectivity index (χ0n) is 21.8. The molecule has 0 bridgehead atoms. The van der Waals surface area contributed by atoms with Crippen molar-refractivity contribution >= 4 is 17.7 Å². The minimum atomic E-state index is -0.194. The first-order valence-corrected chi connectivity index (χ1v) is 13.8. The summed E-state index contributed by atoms with van der Waals surface area (Å²) in [6.07, 6.45) is 23.6. The van der Waals surface area contributed by atoms with Crippen LogP contribution in [0.5, 0.6) is 0 Å². The first kappa shape index (κ1) is 31.4. The first-order chi connectivity index (χ1) is 16.1. The van der Waals surface area contributed by atoms with Crippen molar-refractivity contribution in [2.24, 2.45) is 0 Å². The van der Waals surface area contributed by atoms with Crippen LogP contribution >= 0.6 is 0 Å². The zero-order chi connectivity index (χ0) is 24.4. The summed E-state index contributed by atoms with van der Waals surface area (Å²) in [5.41, 5.74) is 0. The van der Waals surface area contributed by atoms with Gasteiger partial charge in [-0.2, -0.15) is 0 Å². The van der Waals surface area contributed by atoms with Crippen LogP contribution in [-0.2, 0) is 14.4 Å². The van der Waals surface area contributed by atoms with Crippen molar-refractivity contribution in [2.75, 3.05) is 20.1 Å². The molecular weight excluding hydrogens is 414 g/mol. The third kappa shape index (κ3) is 24.9. The third-order valence-electron chi connectivity index (χ3n) is 6.14. The van der Waals surface area contributed by atoms with E-state index in [1.807, 2.05) is 0 Å². The summed E-state index contributed by atoms with van der Waals surface area (Å²) >= 11 is 0. The highest BCUT2D eigenvalue weighted by molar-refractivity contribution is 5.84. The number of nitrogens with one attached hydrogen (secondary N) is 3. The molecule has 0 aliphatic rings. The van der Waals surface area contributed by atoms with E-state index in [1.54, 1.807) is 7.05 Å². The Hall–Kier alpha value is -1.59. The average Bonchev–Trinajstić information content (AvgIpc) is 2.82. The Kier molecular flexibility index (Phi) is 23.8. The molecule has 0 spiro atoms. The van der Waals surface area contributed by atoms with Crippen LogP contribution in [0.2, 0.25) is 0 Å². The zero-order valence-corrected chi connectivity index (χ0v) is 21.8. The number of hydrogen-bond acceptors (Lipinski definition) is 3. The molecule has 0 radical (unpaired) electrons. The number of amides is 3. The number of likely N-dealkylation sites (N-methyl/N-ethyl adjacent to an activating group) is 1. The summed E-state index contributed by atoms with van der Waals surface area (Å²) < 4.78 is 0. The Labute approximate surface area is 203 Å². The van der Waals surface area contributed by atoms with E-state index in [0.29, 0.717) is 19.4 Å². The summed E-state index contributed by atoms with van der Waals surface area (Å²) in [5, 5.41) is 8.02. The molecule has 0 aliphatic carbocycles. The minimum Gasteiger partial charge on any atom is -0.358 e. The SMILES string of the molecule is CCCCCCCCCCCCCCCCCC(=O)NCCCCCC(=O)NCC(=O)NC. The lowest BCUT2D eigenvalue weighted by Gasteiger charge is -2.06. The molecule has 0 aromatic heterocycles. The number of hydrogen-bond donors (Lipinski definition) is 3. The maximum Gasteiger partial charge on any atom is 0.239 e. The van der Waals surface area contributed by atoms with Gasteiger partial charge in [0.25, 0.3) is 0 Å². The molecule has 0 unspecified atom stereocenters. The standard InChI is InChI=1S/C27H53N3O3/c1-3-4-5-6-7-8-9-10-11-12-13-14-15-16-18-21-25(31)29-23-20-17-19-22-26(32)30-24-27(33)28-2/h3-24H2,1-2H3,(H,28,33)(H,29,31)(H,30,32). The van der Waals surface area contributed by atoms with Crippen LogP contribution in [0, 0.1) is 0 Å². The Balaban J connectivity index is 3.26. The molecule has 194 valence electrons. The first-order valence-electron chi connectivity index (χ1n) is 13.8. The molecule has 3 amide bonds. The molecule has 0 heterocycles. The maximum atomic E-state index is 11.9. The second kappa shape index (κ2) is 25.0. The summed E-state index contributed by atoms with van der Waals surface area (Å²) in [4.78, 5) is 34.5. The maximum absolute atomic E-state index is 11.9. The molecule has 0 saturated carbocycles. The molecule has 0 aliphatic heterocycles. The van der Waals surface area contributed by atoms with Gasteiger partial charge in [0, 0.05) is 26.4 Å². The van der Waals surface area contributed by atoms with Crippen LogP contribution in [0.25, 0.3) is 0 Å². The van der Waals surface area contributed by atoms with E-state index >= 15 is 0 Å². The number of unbranched alkanes of at least 4 members (excludes halogenated alkanes) is 16. The van der Waals surface area contributed by atoms with Crippen molar-refractivity contribution in [3.63, 3.8) is 0 Å². The van der Waals surface area contributed by atoms with Crippen molar-refractivity contribution in [1.29, 1.82) is 0 Å². The second-order valence-corrected chi connectivity index (χ2v) is 9.31. The van der Waals surface area contributed by atoms with Crippen molar-refractivity contribution in [2.45, 2.75) is 135 Å². The highest BCUT2D eigenvalue weighted by Gasteiger charge is 2.04. The summed E-state index contributed by atoms with van der Waals surface area (Å²) in [5.74, 6) is -0.149. The van der Waals surface area contributed by atoms with Gasteiger partial charge in [-0.1, -0.05) is 103 Å². The average molecular weight is 468 g/mol. The Morgan fingerprint density at radius 3 is 1.33 bits per heavy atom. The van der Waals surface area contributed by atoms with Gasteiger partial charge in [-0.3, -0.25) is 14.4 Å². The highest BCUT2D eigenvalue weighted by atomic mass is 16.2. The van der Waals surface area contributed by atoms with Gasteiger partial charge in [-0.15, -0.1) is 0 Å². The Morgan fingerprint density at radius 2 is 0.879 bits per heavy atom. The molecule has 0 aromatic carbocycles. The van der Waals surface area contributed by atoms with Crippen LogP contribution < -0.4 is 16.0 Å². The van der Waals surface area contributed by atoms with Gasteiger partial charge in [0.2, 0.25) is 17.7 Å². The Bertz CT molecular complexity index is 483. The lowest BCUT2D eigenvalue weighted by Crippen LogP contribution is -2.35. The van der Waals surface area contributed by atoms with Gasteiger partial charge in [0.1, 0.15) is 0 Å². The van der Waals surface area contributed by atoms with E-state index in [0.717, 1.165) is 32.1 Å². The summed E-state index contributed by atoms with van der Waals surface area (Å²) in [7, 11) is 1.54. The number of carbonyl (C=O) groups excluding carboxylic acids is 3. The quantitative estimate of drug-likeness (QED) is 0.157. The van der Waals surface area contributed by atoms with Crippen molar-refractivity contribution in [1.82, 2.24) is 16.0 Å². The monoisotopic (exact) mass is 467 g/mol. The van der Waals surface area contributed by atoms with E-state index in [2.05, 4.69) is 22.9 Å². The van der Waals surface area contributed by atoms with E-state index in [-0.39, 0.29) is 24.3 Å². The van der Waals surface area contributed by atoms with Crippen molar-refractivity contribution in [3.8, 4) is 0 Å². The predicted octanol–water partition coefficient (Wildman–Crippen LogP) is 5.79. The fourth-order valence-electron chi connectivity index (χ4n) is 3.92. The van der Waals surface area contributed by atoms with Gasteiger partial charge in [0.05, 0.1) is 6.54 Å². The molecule has 6 heteroatoms. The van der Waals surface area contributed by atoms with Gasteiger partial charge in [-0.05, 0) is 19.3 Å². The molecule has 33 heavy (non-hydrogen) atoms. The van der Waals surface area contributed by atoms with Gasteiger partial charge in [-0.25, -0.2) is 0 Å². The largest absolute Gasteiger partial charge is 0.358 e. The van der Waals surface area contributed by atoms with Gasteiger partial charge >= 0.3 is 0 Å². The second-order valence-electron chi connectivity index (χ2n) is 9.31. The summed E-state index contributed by atoms with van der Waals surface area (Å²) in [6.45, 7) is 2.98. The summed E-state index contributed by atoms with van der Waals surface area (Å²) in [6, 6.07) is 0. The molecule has 6 nitrogen and oxygen atoms in total. The minimum absolute atomic E-state index is 0.0324. The molecular formula is C27H53N3O3. The molecule has 3 N–H and O–H groups in total. The smallest absolute Gasteiger partial charge is 0.239 e. The van der Waals surface area contributed by atoms with E-state index < -0.39 is 0 Å². The van der Waals surface area contributed by atoms with Crippen LogP contribution in [0.15, 0.2) is 0 Å². The van der Waals surface area contributed by atoms with E-state index in [4.69, 9.17) is 0 Å². The van der Waals surface area contributed by atoms with Crippen LogP contribution in [-0.4, -0.2) is 37.9 Å². The molecule has 0 atom stereocenters. The molecule has 0 rings (SSSR count). The van der Waals surface area contributed by atoms with Gasteiger partial charge < -0.3 is 16.0 Å².